The molecule has 15 heavy (non-hydrogen) atoms. The first-order valence-electron chi connectivity index (χ1n) is 5.00. The van der Waals surface area contributed by atoms with Crippen molar-refractivity contribution < 1.29 is 9.31 Å². The molecule has 1 aliphatic heterocycles. The number of hydrogen-bond donors (Lipinski definition) is 0. The Kier molecular flexibility index (Phi) is 2.81. The molecule has 0 fully saturated rings. The summed E-state index contributed by atoms with van der Waals surface area (Å²) in [5.74, 6) is 1.64. The van der Waals surface area contributed by atoms with Crippen molar-refractivity contribution in [3.05, 3.63) is 60.1 Å². The summed E-state index contributed by atoms with van der Waals surface area (Å²) in [7, 11) is 0.238. The van der Waals surface area contributed by atoms with Crippen LogP contribution in [0.2, 0.25) is 0 Å². The second kappa shape index (κ2) is 4.26. The van der Waals surface area contributed by atoms with E-state index in [1.807, 2.05) is 12.2 Å². The molecule has 2 rings (SSSR count). The van der Waals surface area contributed by atoms with E-state index in [1.165, 1.54) is 0 Å². The number of hydrogen-bond acceptors (Lipinski definition) is 2. The first-order valence-corrected chi connectivity index (χ1v) is 5.00. The minimum atomic E-state index is 0.238. The molecule has 76 valence electrons. The van der Waals surface area contributed by atoms with Gasteiger partial charge in [-0.1, -0.05) is 25.3 Å². The molecule has 0 aromatic carbocycles. The van der Waals surface area contributed by atoms with Gasteiger partial charge in [-0.3, -0.25) is 0 Å². The van der Waals surface area contributed by atoms with Gasteiger partial charge in [0.1, 0.15) is 11.5 Å². The third kappa shape index (κ3) is 1.91. The lowest BCUT2D eigenvalue weighted by Crippen LogP contribution is -2.00. The monoisotopic (exact) mass is 200 g/mol. The zero-order valence-electron chi connectivity index (χ0n) is 8.66. The van der Waals surface area contributed by atoms with E-state index < -0.39 is 0 Å². The fraction of sp³-hybridized carbons (Fsp3) is 0.167. The summed E-state index contributed by atoms with van der Waals surface area (Å²) in [6.07, 6.45) is 9.61. The molecule has 0 saturated heterocycles. The minimum absolute atomic E-state index is 0.238. The highest BCUT2D eigenvalue weighted by Gasteiger charge is 2.20. The van der Waals surface area contributed by atoms with Crippen molar-refractivity contribution in [3.63, 3.8) is 0 Å². The molecule has 3 heteroatoms. The van der Waals surface area contributed by atoms with Crippen LogP contribution in [0.25, 0.3) is 0 Å². The second-order valence-electron chi connectivity index (χ2n) is 3.44. The average Bonchev–Trinajstić information content (AvgIpc) is 2.41. The third-order valence-electron chi connectivity index (χ3n) is 2.49. The molecule has 0 bridgehead atoms. The largest absolute Gasteiger partial charge is 0.576 e. The highest BCUT2D eigenvalue weighted by Crippen LogP contribution is 2.32. The smallest absolute Gasteiger partial charge is 0.528 e. The Morgan fingerprint density at radius 2 is 2.27 bits per heavy atom. The van der Waals surface area contributed by atoms with Crippen LogP contribution in [0.15, 0.2) is 60.1 Å². The predicted molar refractivity (Wildman–Crippen MR) is 62.1 cm³/mol. The molecule has 0 radical (unpaired) electrons. The molecular weight excluding hydrogens is 187 g/mol. The summed E-state index contributed by atoms with van der Waals surface area (Å²) in [6.45, 7) is 7.70. The summed E-state index contributed by atoms with van der Waals surface area (Å²) < 4.78 is 10.9. The molecule has 0 spiro atoms. The Bertz CT molecular complexity index is 388. The number of allylic oxidation sites excluding steroid dienone is 5. The second-order valence-corrected chi connectivity index (χ2v) is 3.44. The summed E-state index contributed by atoms with van der Waals surface area (Å²) >= 11 is 0. The molecule has 0 unspecified atom stereocenters. The van der Waals surface area contributed by atoms with Crippen LogP contribution >= 0.6 is 0 Å². The molecule has 1 aliphatic carbocycles. The van der Waals surface area contributed by atoms with E-state index in [0.29, 0.717) is 0 Å². The van der Waals surface area contributed by atoms with Gasteiger partial charge in [-0.25, -0.2) is 0 Å². The highest BCUT2D eigenvalue weighted by molar-refractivity contribution is 6.19. The van der Waals surface area contributed by atoms with Gasteiger partial charge < -0.3 is 9.31 Å². The first kappa shape index (κ1) is 9.90. The summed E-state index contributed by atoms with van der Waals surface area (Å²) in [4.78, 5) is 0. The molecule has 0 aromatic heterocycles. The van der Waals surface area contributed by atoms with Crippen molar-refractivity contribution in [1.29, 1.82) is 0 Å². The Hall–Kier alpha value is -1.64. The van der Waals surface area contributed by atoms with Gasteiger partial charge in [0.25, 0.3) is 0 Å². The van der Waals surface area contributed by atoms with Crippen molar-refractivity contribution in [1.82, 2.24) is 0 Å². The lowest BCUT2D eigenvalue weighted by molar-refractivity contribution is 0.347. The van der Waals surface area contributed by atoms with E-state index in [4.69, 9.17) is 9.31 Å². The van der Waals surface area contributed by atoms with E-state index >= 15 is 0 Å². The van der Waals surface area contributed by atoms with Crippen LogP contribution in [0, 0.1) is 0 Å². The van der Waals surface area contributed by atoms with Gasteiger partial charge in [0.15, 0.2) is 0 Å². The molecule has 2 nitrogen and oxygen atoms in total. The topological polar surface area (TPSA) is 18.5 Å². The third-order valence-corrected chi connectivity index (χ3v) is 2.49. The van der Waals surface area contributed by atoms with Crippen molar-refractivity contribution in [2.75, 3.05) is 0 Å². The predicted octanol–water partition coefficient (Wildman–Crippen LogP) is 2.53. The van der Waals surface area contributed by atoms with E-state index in [-0.39, 0.29) is 7.69 Å². The molecule has 0 N–H and O–H groups in total. The maximum atomic E-state index is 5.49. The van der Waals surface area contributed by atoms with Crippen molar-refractivity contribution in [3.8, 4) is 0 Å². The highest BCUT2D eigenvalue weighted by atomic mass is 16.6. The summed E-state index contributed by atoms with van der Waals surface area (Å²) in [6, 6.07) is 0. The van der Waals surface area contributed by atoms with Crippen LogP contribution < -0.4 is 0 Å². The van der Waals surface area contributed by atoms with Crippen LogP contribution in [0.3, 0.4) is 0 Å². The molecule has 2 aliphatic rings. The van der Waals surface area contributed by atoms with Crippen molar-refractivity contribution in [2.45, 2.75) is 12.8 Å². The van der Waals surface area contributed by atoms with Crippen molar-refractivity contribution in [2.24, 2.45) is 0 Å². The fourth-order valence-electron chi connectivity index (χ4n) is 1.72. The SMILES string of the molecule is C=C/C=C1/OBOC2=C(CCC=C2)C1=C. The Morgan fingerprint density at radius 1 is 1.40 bits per heavy atom. The van der Waals surface area contributed by atoms with Crippen LogP contribution in [0.1, 0.15) is 12.8 Å². The lowest BCUT2D eigenvalue weighted by atomic mass is 9.95. The maximum absolute atomic E-state index is 5.49. The standard InChI is InChI=1S/C12H13BO2/c1-3-6-11-9(2)10-7-4-5-8-12(10)15-13-14-11/h3,5-6,8,13H,1-2,4,7H2/b11-6+. The molecule has 0 amide bonds. The normalized spacial score (nSPS) is 22.4. The molecule has 0 aromatic rings. The first-order chi connectivity index (χ1) is 7.33. The molecule has 0 saturated carbocycles. The Balaban J connectivity index is 2.37. The Morgan fingerprint density at radius 3 is 3.07 bits per heavy atom. The molecule has 1 heterocycles. The quantitative estimate of drug-likeness (QED) is 0.605. The van der Waals surface area contributed by atoms with Gasteiger partial charge in [0.05, 0.1) is 0 Å². The van der Waals surface area contributed by atoms with Gasteiger partial charge in [-0.15, -0.1) is 0 Å². The lowest BCUT2D eigenvalue weighted by Gasteiger charge is -2.14. The summed E-state index contributed by atoms with van der Waals surface area (Å²) in [5, 5.41) is 0. The zero-order chi connectivity index (χ0) is 10.7. The Labute approximate surface area is 90.6 Å². The fourth-order valence-corrected chi connectivity index (χ4v) is 1.72. The van der Waals surface area contributed by atoms with Crippen LogP contribution in [-0.2, 0) is 9.31 Å². The van der Waals surface area contributed by atoms with Gasteiger partial charge >= 0.3 is 7.69 Å². The van der Waals surface area contributed by atoms with Gasteiger partial charge in [-0.2, -0.15) is 0 Å². The summed E-state index contributed by atoms with van der Waals surface area (Å²) in [5.41, 5.74) is 2.05. The van der Waals surface area contributed by atoms with E-state index in [1.54, 1.807) is 6.08 Å². The van der Waals surface area contributed by atoms with Gasteiger partial charge in [0, 0.05) is 11.1 Å². The van der Waals surface area contributed by atoms with E-state index in [0.717, 1.165) is 35.5 Å². The van der Waals surface area contributed by atoms with E-state index in [2.05, 4.69) is 19.2 Å². The van der Waals surface area contributed by atoms with Crippen LogP contribution in [-0.4, -0.2) is 7.69 Å². The molecule has 0 atom stereocenters. The zero-order valence-corrected chi connectivity index (χ0v) is 8.66. The van der Waals surface area contributed by atoms with Crippen LogP contribution in [0.5, 0.6) is 0 Å². The van der Waals surface area contributed by atoms with Gasteiger partial charge in [0.2, 0.25) is 0 Å². The molecular formula is C12H13BO2. The van der Waals surface area contributed by atoms with Gasteiger partial charge in [-0.05, 0) is 25.0 Å². The minimum Gasteiger partial charge on any atom is -0.528 e. The number of rotatable bonds is 1. The average molecular weight is 200 g/mol. The van der Waals surface area contributed by atoms with Crippen LogP contribution in [0.4, 0.5) is 0 Å². The van der Waals surface area contributed by atoms with E-state index in [9.17, 15) is 0 Å². The van der Waals surface area contributed by atoms with Crippen molar-refractivity contribution >= 4 is 7.69 Å². The maximum Gasteiger partial charge on any atom is 0.576 e.